The smallest absolute Gasteiger partial charge is 0.328 e. The van der Waals surface area contributed by atoms with Crippen LogP contribution < -0.4 is 10.6 Å². The first kappa shape index (κ1) is 18.5. The largest absolute Gasteiger partial charge is 0.467 e. The molecular formula is C12H23ClN2O3S. The van der Waals surface area contributed by atoms with Gasteiger partial charge in [-0.15, -0.1) is 12.4 Å². The van der Waals surface area contributed by atoms with Crippen LogP contribution in [0.5, 0.6) is 0 Å². The summed E-state index contributed by atoms with van der Waals surface area (Å²) >= 11 is 1.85. The summed E-state index contributed by atoms with van der Waals surface area (Å²) in [7, 11) is 1.34. The number of carbonyl (C=O) groups excluding carboxylic acids is 2. The van der Waals surface area contributed by atoms with E-state index in [-0.39, 0.29) is 36.2 Å². The maximum Gasteiger partial charge on any atom is 0.328 e. The number of halogens is 1. The number of hydrogen-bond donors (Lipinski definition) is 2. The highest BCUT2D eigenvalue weighted by atomic mass is 35.5. The predicted octanol–water partition coefficient (Wildman–Crippen LogP) is 0.817. The molecule has 112 valence electrons. The zero-order chi connectivity index (χ0) is 13.5. The molecule has 1 saturated heterocycles. The zero-order valence-corrected chi connectivity index (χ0v) is 13.2. The Morgan fingerprint density at radius 3 is 2.63 bits per heavy atom. The standard InChI is InChI=1S/C12H22N2O3S.ClH/c1-8(2)11(12(16)17-3)14-10(15)6-9-7-18-5-4-13-9;/h8-9,11,13H,4-7H2,1-3H3,(H,14,15);1H. The van der Waals surface area contributed by atoms with Crippen molar-refractivity contribution in [1.29, 1.82) is 0 Å². The molecule has 0 bridgehead atoms. The molecule has 0 saturated carbocycles. The topological polar surface area (TPSA) is 67.4 Å². The zero-order valence-electron chi connectivity index (χ0n) is 11.6. The Balaban J connectivity index is 0.00000324. The highest BCUT2D eigenvalue weighted by molar-refractivity contribution is 7.99. The molecule has 2 atom stereocenters. The predicted molar refractivity (Wildman–Crippen MR) is 79.8 cm³/mol. The van der Waals surface area contributed by atoms with Crippen LogP contribution in [0, 0.1) is 5.92 Å². The van der Waals surface area contributed by atoms with Crippen LogP contribution in [0.15, 0.2) is 0 Å². The number of rotatable bonds is 5. The van der Waals surface area contributed by atoms with Crippen molar-refractivity contribution in [3.8, 4) is 0 Å². The van der Waals surface area contributed by atoms with E-state index in [2.05, 4.69) is 10.6 Å². The molecule has 1 aliphatic heterocycles. The molecule has 0 aromatic rings. The van der Waals surface area contributed by atoms with Crippen molar-refractivity contribution in [2.24, 2.45) is 5.92 Å². The SMILES string of the molecule is COC(=O)C(NC(=O)CC1CSCCN1)C(C)C.Cl. The average Bonchev–Trinajstić information content (AvgIpc) is 2.36. The highest BCUT2D eigenvalue weighted by Gasteiger charge is 2.26. The number of carbonyl (C=O) groups is 2. The lowest BCUT2D eigenvalue weighted by molar-refractivity contribution is -0.146. The second-order valence-corrected chi connectivity index (χ2v) is 5.89. The van der Waals surface area contributed by atoms with Gasteiger partial charge in [0.2, 0.25) is 5.91 Å². The summed E-state index contributed by atoms with van der Waals surface area (Å²) < 4.78 is 4.69. The minimum absolute atomic E-state index is 0. The quantitative estimate of drug-likeness (QED) is 0.736. The van der Waals surface area contributed by atoms with Gasteiger partial charge in [-0.05, 0) is 5.92 Å². The van der Waals surface area contributed by atoms with Crippen molar-refractivity contribution >= 4 is 36.0 Å². The number of esters is 1. The van der Waals surface area contributed by atoms with Crippen LogP contribution in [0.25, 0.3) is 0 Å². The van der Waals surface area contributed by atoms with Gasteiger partial charge in [-0.25, -0.2) is 4.79 Å². The number of amides is 1. The molecule has 19 heavy (non-hydrogen) atoms. The van der Waals surface area contributed by atoms with Gasteiger partial charge in [-0.1, -0.05) is 13.8 Å². The van der Waals surface area contributed by atoms with E-state index >= 15 is 0 Å². The van der Waals surface area contributed by atoms with Crippen LogP contribution in [0.2, 0.25) is 0 Å². The Bertz CT molecular complexity index is 297. The van der Waals surface area contributed by atoms with E-state index in [1.54, 1.807) is 0 Å². The molecule has 0 radical (unpaired) electrons. The Labute approximate surface area is 125 Å². The van der Waals surface area contributed by atoms with Gasteiger partial charge in [0.1, 0.15) is 6.04 Å². The van der Waals surface area contributed by atoms with Crippen molar-refractivity contribution in [2.75, 3.05) is 25.2 Å². The number of nitrogens with one attached hydrogen (secondary N) is 2. The van der Waals surface area contributed by atoms with E-state index in [1.807, 2.05) is 25.6 Å². The Morgan fingerprint density at radius 2 is 2.16 bits per heavy atom. The number of methoxy groups -OCH3 is 1. The van der Waals surface area contributed by atoms with Crippen molar-refractivity contribution in [1.82, 2.24) is 10.6 Å². The summed E-state index contributed by atoms with van der Waals surface area (Å²) in [4.78, 5) is 23.4. The van der Waals surface area contributed by atoms with Crippen molar-refractivity contribution < 1.29 is 14.3 Å². The van der Waals surface area contributed by atoms with Gasteiger partial charge in [0.25, 0.3) is 0 Å². The van der Waals surface area contributed by atoms with Crippen LogP contribution in [0.4, 0.5) is 0 Å². The summed E-state index contributed by atoms with van der Waals surface area (Å²) in [5.41, 5.74) is 0. The van der Waals surface area contributed by atoms with Gasteiger partial charge in [0, 0.05) is 30.5 Å². The molecular weight excluding hydrogens is 288 g/mol. The Kier molecular flexibility index (Phi) is 9.22. The molecule has 0 aromatic heterocycles. The van der Waals surface area contributed by atoms with Crippen LogP contribution in [-0.2, 0) is 14.3 Å². The molecule has 2 N–H and O–H groups in total. The number of thioether (sulfide) groups is 1. The van der Waals surface area contributed by atoms with Gasteiger partial charge in [0.05, 0.1) is 7.11 Å². The van der Waals surface area contributed by atoms with E-state index in [0.717, 1.165) is 18.1 Å². The van der Waals surface area contributed by atoms with Crippen molar-refractivity contribution in [3.63, 3.8) is 0 Å². The second kappa shape index (κ2) is 9.44. The van der Waals surface area contributed by atoms with Gasteiger partial charge in [0.15, 0.2) is 0 Å². The summed E-state index contributed by atoms with van der Waals surface area (Å²) in [6.07, 6.45) is 0.410. The van der Waals surface area contributed by atoms with Crippen LogP contribution in [0.3, 0.4) is 0 Å². The molecule has 1 aliphatic rings. The highest BCUT2D eigenvalue weighted by Crippen LogP contribution is 2.11. The monoisotopic (exact) mass is 310 g/mol. The number of hydrogen-bond acceptors (Lipinski definition) is 5. The lowest BCUT2D eigenvalue weighted by atomic mass is 10.0. The lowest BCUT2D eigenvalue weighted by Crippen LogP contribution is -2.48. The fourth-order valence-corrected chi connectivity index (χ4v) is 2.78. The minimum Gasteiger partial charge on any atom is -0.467 e. The third-order valence-electron chi connectivity index (χ3n) is 2.87. The third-order valence-corrected chi connectivity index (χ3v) is 4.00. The fourth-order valence-electron chi connectivity index (χ4n) is 1.83. The van der Waals surface area contributed by atoms with Crippen LogP contribution >= 0.6 is 24.2 Å². The number of ether oxygens (including phenoxy) is 1. The summed E-state index contributed by atoms with van der Waals surface area (Å²) in [6, 6.07) is -0.354. The average molecular weight is 311 g/mol. The lowest BCUT2D eigenvalue weighted by Gasteiger charge is -2.24. The molecule has 1 heterocycles. The molecule has 7 heteroatoms. The fraction of sp³-hybridized carbons (Fsp3) is 0.833. The van der Waals surface area contributed by atoms with Crippen molar-refractivity contribution in [3.05, 3.63) is 0 Å². The molecule has 2 unspecified atom stereocenters. The maximum atomic E-state index is 11.9. The normalized spacial score (nSPS) is 20.3. The second-order valence-electron chi connectivity index (χ2n) is 4.74. The van der Waals surface area contributed by atoms with E-state index in [0.29, 0.717) is 6.42 Å². The summed E-state index contributed by atoms with van der Waals surface area (Å²) in [5.74, 6) is 1.57. The molecule has 0 aromatic carbocycles. The summed E-state index contributed by atoms with van der Waals surface area (Å²) in [6.45, 7) is 4.71. The summed E-state index contributed by atoms with van der Waals surface area (Å²) in [5, 5.41) is 6.05. The van der Waals surface area contributed by atoms with E-state index in [1.165, 1.54) is 7.11 Å². The van der Waals surface area contributed by atoms with Crippen molar-refractivity contribution in [2.45, 2.75) is 32.4 Å². The van der Waals surface area contributed by atoms with Gasteiger partial charge in [-0.3, -0.25) is 4.79 Å². The van der Waals surface area contributed by atoms with E-state index in [4.69, 9.17) is 4.74 Å². The molecule has 1 amide bonds. The molecule has 0 spiro atoms. The first-order chi connectivity index (χ1) is 8.54. The minimum atomic E-state index is -0.557. The van der Waals surface area contributed by atoms with Gasteiger partial charge >= 0.3 is 5.97 Å². The van der Waals surface area contributed by atoms with E-state index in [9.17, 15) is 9.59 Å². The van der Waals surface area contributed by atoms with E-state index < -0.39 is 6.04 Å². The Hall–Kier alpha value is -0.460. The first-order valence-corrected chi connectivity index (χ1v) is 7.38. The van der Waals surface area contributed by atoms with Crippen LogP contribution in [0.1, 0.15) is 20.3 Å². The van der Waals surface area contributed by atoms with Gasteiger partial charge < -0.3 is 15.4 Å². The Morgan fingerprint density at radius 1 is 1.47 bits per heavy atom. The van der Waals surface area contributed by atoms with Crippen LogP contribution in [-0.4, -0.2) is 49.1 Å². The first-order valence-electron chi connectivity index (χ1n) is 6.23. The molecule has 5 nitrogen and oxygen atoms in total. The molecule has 1 fully saturated rings. The molecule has 0 aliphatic carbocycles. The maximum absolute atomic E-state index is 11.9. The third kappa shape index (κ3) is 6.49. The molecule has 1 rings (SSSR count). The van der Waals surface area contributed by atoms with Gasteiger partial charge in [-0.2, -0.15) is 11.8 Å².